The molecule has 34 heavy (non-hydrogen) atoms. The van der Waals surface area contributed by atoms with Crippen molar-refractivity contribution < 1.29 is 22.7 Å². The van der Waals surface area contributed by atoms with Gasteiger partial charge in [-0.2, -0.15) is 4.31 Å². The maximum atomic E-state index is 12.8. The Morgan fingerprint density at radius 1 is 0.971 bits per heavy atom. The molecule has 1 fully saturated rings. The predicted molar refractivity (Wildman–Crippen MR) is 129 cm³/mol. The van der Waals surface area contributed by atoms with E-state index in [0.717, 1.165) is 18.4 Å². The highest BCUT2D eigenvalue weighted by atomic mass is 32.2. The van der Waals surface area contributed by atoms with Crippen LogP contribution < -0.4 is 9.64 Å². The minimum atomic E-state index is -3.63. The number of nitrogens with zero attached hydrogens (tertiary/aromatic N) is 3. The fraction of sp³-hybridized carbons (Fsp3) is 0.280. The van der Waals surface area contributed by atoms with Crippen LogP contribution in [-0.4, -0.2) is 49.3 Å². The second-order valence-corrected chi connectivity index (χ2v) is 10.3. The topological polar surface area (TPSA) is 88.9 Å². The van der Waals surface area contributed by atoms with Gasteiger partial charge in [-0.1, -0.05) is 17.7 Å². The zero-order chi connectivity index (χ0) is 24.5. The van der Waals surface area contributed by atoms with E-state index in [9.17, 15) is 18.0 Å². The molecule has 1 saturated heterocycles. The van der Waals surface area contributed by atoms with Crippen molar-refractivity contribution in [3.63, 3.8) is 0 Å². The van der Waals surface area contributed by atoms with Crippen LogP contribution in [0.1, 0.15) is 39.3 Å². The number of rotatable bonds is 6. The van der Waals surface area contributed by atoms with Crippen LogP contribution in [0, 0.1) is 6.92 Å². The summed E-state index contributed by atoms with van der Waals surface area (Å²) in [6.07, 6.45) is 3.10. The van der Waals surface area contributed by atoms with Crippen molar-refractivity contribution in [2.24, 2.45) is 7.05 Å². The summed E-state index contributed by atoms with van der Waals surface area (Å²) < 4.78 is 33.9. The molecule has 8 nitrogen and oxygen atoms in total. The van der Waals surface area contributed by atoms with Gasteiger partial charge in [-0.05, 0) is 62.2 Å². The van der Waals surface area contributed by atoms with Crippen LogP contribution in [0.5, 0.6) is 5.75 Å². The Balaban J connectivity index is 1.45. The van der Waals surface area contributed by atoms with E-state index in [-0.39, 0.29) is 22.2 Å². The van der Waals surface area contributed by atoms with E-state index in [1.54, 1.807) is 50.5 Å². The molecule has 0 N–H and O–H groups in total. The van der Waals surface area contributed by atoms with Gasteiger partial charge in [-0.3, -0.25) is 4.79 Å². The number of carbonyl (C=O) groups excluding carboxylic acids is 2. The van der Waals surface area contributed by atoms with Crippen molar-refractivity contribution in [2.75, 3.05) is 25.0 Å². The Bertz CT molecular complexity index is 1310. The van der Waals surface area contributed by atoms with Gasteiger partial charge >= 0.3 is 5.97 Å². The normalized spacial score (nSPS) is 14.2. The molecular weight excluding hydrogens is 454 g/mol. The highest BCUT2D eigenvalue weighted by molar-refractivity contribution is 7.89. The summed E-state index contributed by atoms with van der Waals surface area (Å²) in [6, 6.07) is 15.2. The average molecular weight is 482 g/mol. The van der Waals surface area contributed by atoms with Crippen LogP contribution in [0.2, 0.25) is 0 Å². The Morgan fingerprint density at radius 3 is 2.21 bits per heavy atom. The molecule has 1 aliphatic rings. The summed E-state index contributed by atoms with van der Waals surface area (Å²) >= 11 is 0. The zero-order valence-corrected chi connectivity index (χ0v) is 20.2. The van der Waals surface area contributed by atoms with Crippen molar-refractivity contribution in [3.05, 3.63) is 77.6 Å². The first-order valence-electron chi connectivity index (χ1n) is 11.0. The van der Waals surface area contributed by atoms with Crippen LogP contribution in [0.15, 0.2) is 65.7 Å². The summed E-state index contributed by atoms with van der Waals surface area (Å²) in [7, 11) is -0.347. The number of esters is 1. The van der Waals surface area contributed by atoms with E-state index in [0.29, 0.717) is 24.3 Å². The van der Waals surface area contributed by atoms with Crippen molar-refractivity contribution >= 4 is 27.6 Å². The minimum Gasteiger partial charge on any atom is -0.422 e. The molecule has 0 aliphatic carbocycles. The Morgan fingerprint density at radius 2 is 1.59 bits per heavy atom. The van der Waals surface area contributed by atoms with Crippen molar-refractivity contribution in [1.82, 2.24) is 8.87 Å². The Hall–Kier alpha value is -3.43. The van der Waals surface area contributed by atoms with Gasteiger partial charge in [0, 0.05) is 44.6 Å². The number of anilines is 1. The van der Waals surface area contributed by atoms with Gasteiger partial charge in [0.2, 0.25) is 10.0 Å². The largest absolute Gasteiger partial charge is 0.422 e. The predicted octanol–water partition coefficient (Wildman–Crippen LogP) is 3.61. The quantitative estimate of drug-likeness (QED) is 0.396. The third kappa shape index (κ3) is 4.76. The monoisotopic (exact) mass is 481 g/mol. The highest BCUT2D eigenvalue weighted by Crippen LogP contribution is 2.24. The lowest BCUT2D eigenvalue weighted by atomic mass is 10.1. The second kappa shape index (κ2) is 9.44. The Labute approximate surface area is 199 Å². The summed E-state index contributed by atoms with van der Waals surface area (Å²) in [5.74, 6) is -0.530. The molecule has 1 amide bonds. The molecule has 9 heteroatoms. The molecule has 1 aliphatic heterocycles. The smallest absolute Gasteiger partial charge is 0.360 e. The first-order valence-corrected chi connectivity index (χ1v) is 12.4. The van der Waals surface area contributed by atoms with E-state index in [4.69, 9.17) is 4.74 Å². The van der Waals surface area contributed by atoms with Gasteiger partial charge in [0.15, 0.2) is 0 Å². The van der Waals surface area contributed by atoms with Gasteiger partial charge in [0.25, 0.3) is 5.91 Å². The molecule has 0 atom stereocenters. The minimum absolute atomic E-state index is 0.0791. The summed E-state index contributed by atoms with van der Waals surface area (Å²) in [6.45, 7) is 2.94. The third-order valence-electron chi connectivity index (χ3n) is 5.93. The number of benzene rings is 2. The van der Waals surface area contributed by atoms with Gasteiger partial charge in [0.05, 0.1) is 0 Å². The molecule has 4 rings (SSSR count). The summed E-state index contributed by atoms with van der Waals surface area (Å²) in [4.78, 5) is 27.0. The van der Waals surface area contributed by atoms with Gasteiger partial charge in [-0.25, -0.2) is 13.2 Å². The van der Waals surface area contributed by atoms with Crippen LogP contribution in [-0.2, 0) is 17.1 Å². The standard InChI is InChI=1S/C25H27N3O5S/c1-18-6-8-19(9-7-18)24(29)27(3)20-10-12-21(13-11-20)33-25(30)23-16-22(17-26(23)2)34(31,32)28-14-4-5-15-28/h6-13,16-17H,4-5,14-15H2,1-3H3. The summed E-state index contributed by atoms with van der Waals surface area (Å²) in [5.41, 5.74) is 2.42. The molecule has 0 bridgehead atoms. The van der Waals surface area contributed by atoms with E-state index >= 15 is 0 Å². The number of sulfonamides is 1. The fourth-order valence-electron chi connectivity index (χ4n) is 3.86. The lowest BCUT2D eigenvalue weighted by Crippen LogP contribution is -2.27. The zero-order valence-electron chi connectivity index (χ0n) is 19.4. The van der Waals surface area contributed by atoms with Crippen LogP contribution in [0.4, 0.5) is 5.69 Å². The third-order valence-corrected chi connectivity index (χ3v) is 7.79. The fourth-order valence-corrected chi connectivity index (χ4v) is 5.45. The molecule has 0 radical (unpaired) electrons. The van der Waals surface area contributed by atoms with Crippen molar-refractivity contribution in [2.45, 2.75) is 24.7 Å². The van der Waals surface area contributed by atoms with Crippen LogP contribution in [0.3, 0.4) is 0 Å². The van der Waals surface area contributed by atoms with E-state index < -0.39 is 16.0 Å². The summed E-state index contributed by atoms with van der Waals surface area (Å²) in [5, 5.41) is 0. The van der Waals surface area contributed by atoms with E-state index in [2.05, 4.69) is 0 Å². The van der Waals surface area contributed by atoms with Crippen molar-refractivity contribution in [1.29, 1.82) is 0 Å². The number of hydrogen-bond acceptors (Lipinski definition) is 5. The first kappa shape index (κ1) is 23.7. The molecule has 0 spiro atoms. The first-order chi connectivity index (χ1) is 16.2. The average Bonchev–Trinajstić information content (AvgIpc) is 3.50. The molecule has 2 aromatic carbocycles. The van der Waals surface area contributed by atoms with E-state index in [1.165, 1.54) is 26.0 Å². The number of ether oxygens (including phenoxy) is 1. The molecule has 178 valence electrons. The highest BCUT2D eigenvalue weighted by Gasteiger charge is 2.29. The lowest BCUT2D eigenvalue weighted by Gasteiger charge is -2.18. The van der Waals surface area contributed by atoms with Gasteiger partial charge < -0.3 is 14.2 Å². The molecule has 0 unspecified atom stereocenters. The maximum absolute atomic E-state index is 12.8. The number of hydrogen-bond donors (Lipinski definition) is 0. The number of carbonyl (C=O) groups is 2. The number of aromatic nitrogens is 1. The molecule has 2 heterocycles. The van der Waals surface area contributed by atoms with Crippen LogP contribution >= 0.6 is 0 Å². The lowest BCUT2D eigenvalue weighted by molar-refractivity contribution is 0.0724. The Kier molecular flexibility index (Phi) is 6.58. The number of amides is 1. The second-order valence-electron chi connectivity index (χ2n) is 8.40. The van der Waals surface area contributed by atoms with E-state index in [1.807, 2.05) is 19.1 Å². The van der Waals surface area contributed by atoms with Gasteiger partial charge in [0.1, 0.15) is 16.3 Å². The number of aryl methyl sites for hydroxylation is 2. The molecular formula is C25H27N3O5S. The SMILES string of the molecule is Cc1ccc(C(=O)N(C)c2ccc(OC(=O)c3cc(S(=O)(=O)N4CCCC4)cn3C)cc2)cc1. The molecule has 0 saturated carbocycles. The van der Waals surface area contributed by atoms with Crippen molar-refractivity contribution in [3.8, 4) is 5.75 Å². The molecule has 3 aromatic rings. The maximum Gasteiger partial charge on any atom is 0.360 e. The van der Waals surface area contributed by atoms with Gasteiger partial charge in [-0.15, -0.1) is 0 Å². The molecule has 1 aromatic heterocycles. The van der Waals surface area contributed by atoms with Crippen LogP contribution in [0.25, 0.3) is 0 Å².